The van der Waals surface area contributed by atoms with Crippen LogP contribution in [0.4, 0.5) is 11.4 Å². The second kappa shape index (κ2) is 8.53. The van der Waals surface area contributed by atoms with Crippen LogP contribution >= 0.6 is 11.6 Å². The fourth-order valence-electron chi connectivity index (χ4n) is 6.06. The van der Waals surface area contributed by atoms with Crippen LogP contribution in [-0.4, -0.2) is 16.7 Å². The Kier molecular flexibility index (Phi) is 5.39. The van der Waals surface area contributed by atoms with Crippen LogP contribution < -0.4 is 4.90 Å². The maximum Gasteiger partial charge on any atom is 0.271 e. The van der Waals surface area contributed by atoms with E-state index in [1.165, 1.54) is 18.2 Å². The lowest BCUT2D eigenvalue weighted by Gasteiger charge is -2.22. The van der Waals surface area contributed by atoms with Crippen LogP contribution in [-0.2, 0) is 9.59 Å². The molecule has 0 N–H and O–H groups in total. The van der Waals surface area contributed by atoms with E-state index in [2.05, 4.69) is 48.5 Å². The molecule has 3 aromatic carbocycles. The highest BCUT2D eigenvalue weighted by molar-refractivity contribution is 6.36. The molecule has 184 valence electrons. The van der Waals surface area contributed by atoms with Crippen LogP contribution in [0.5, 0.6) is 0 Å². The van der Waals surface area contributed by atoms with Gasteiger partial charge in [0.2, 0.25) is 11.8 Å². The number of hydrogen-bond acceptors (Lipinski definition) is 4. The van der Waals surface area contributed by atoms with E-state index >= 15 is 0 Å². The number of aryl methyl sites for hydroxylation is 2. The Morgan fingerprint density at radius 3 is 1.76 bits per heavy atom. The molecule has 6 nitrogen and oxygen atoms in total. The zero-order chi connectivity index (χ0) is 26.0. The van der Waals surface area contributed by atoms with Crippen molar-refractivity contribution in [2.75, 3.05) is 4.90 Å². The first-order chi connectivity index (χ1) is 17.8. The van der Waals surface area contributed by atoms with Gasteiger partial charge in [-0.2, -0.15) is 0 Å². The molecule has 0 radical (unpaired) electrons. The van der Waals surface area contributed by atoms with E-state index in [1.54, 1.807) is 0 Å². The molecule has 2 bridgehead atoms. The van der Waals surface area contributed by atoms with Crippen molar-refractivity contribution in [1.29, 1.82) is 0 Å². The summed E-state index contributed by atoms with van der Waals surface area (Å²) in [5, 5.41) is 11.5. The number of rotatable bonds is 4. The van der Waals surface area contributed by atoms with Crippen molar-refractivity contribution in [2.45, 2.75) is 13.8 Å². The molecule has 2 amide bonds. The first-order valence-corrected chi connectivity index (χ1v) is 12.5. The lowest BCUT2D eigenvalue weighted by molar-refractivity contribution is -0.384. The summed E-state index contributed by atoms with van der Waals surface area (Å²) in [5.41, 5.74) is 6.36. The molecule has 7 heteroatoms. The Labute approximate surface area is 219 Å². The Hall–Kier alpha value is -4.03. The SMILES string of the molecule is Cc1ccc(C(=C2[C@H]3C=C[C@H]2[C@H]2C(=O)N(c4cc([N+](=O)[O-])ccc4Cl)C(=O)[C@@H]23)c2ccc(C)cc2)cc1. The highest BCUT2D eigenvalue weighted by atomic mass is 35.5. The molecule has 37 heavy (non-hydrogen) atoms. The average Bonchev–Trinajstić information content (AvgIpc) is 3.51. The van der Waals surface area contributed by atoms with Crippen molar-refractivity contribution < 1.29 is 14.5 Å². The third kappa shape index (κ3) is 3.55. The summed E-state index contributed by atoms with van der Waals surface area (Å²) in [5.74, 6) is -2.35. The van der Waals surface area contributed by atoms with Gasteiger partial charge in [0.05, 0.1) is 27.5 Å². The third-order valence-corrected chi connectivity index (χ3v) is 8.09. The normalized spacial score (nSPS) is 23.6. The van der Waals surface area contributed by atoms with Crippen LogP contribution in [0.25, 0.3) is 5.57 Å². The number of nitro benzene ring substituents is 1. The summed E-state index contributed by atoms with van der Waals surface area (Å²) >= 11 is 6.33. The highest BCUT2D eigenvalue weighted by Gasteiger charge is 2.62. The number of hydrogen-bond donors (Lipinski definition) is 0. The number of non-ortho nitro benzene ring substituents is 1. The smallest absolute Gasteiger partial charge is 0.271 e. The van der Waals surface area contributed by atoms with Gasteiger partial charge in [-0.15, -0.1) is 0 Å². The first kappa shape index (κ1) is 23.4. The van der Waals surface area contributed by atoms with Crippen molar-refractivity contribution in [3.63, 3.8) is 0 Å². The van der Waals surface area contributed by atoms with Gasteiger partial charge in [0, 0.05) is 24.0 Å². The Bertz CT molecular complexity index is 1460. The van der Waals surface area contributed by atoms with Crippen molar-refractivity contribution in [3.8, 4) is 0 Å². The van der Waals surface area contributed by atoms with Gasteiger partial charge in [-0.1, -0.05) is 83.4 Å². The Morgan fingerprint density at radius 1 is 0.811 bits per heavy atom. The summed E-state index contributed by atoms with van der Waals surface area (Å²) in [7, 11) is 0. The number of nitrogens with zero attached hydrogens (tertiary/aromatic N) is 2. The largest absolute Gasteiger partial charge is 0.274 e. The van der Waals surface area contributed by atoms with Crippen LogP contribution in [0.15, 0.2) is 84.5 Å². The fraction of sp³-hybridized carbons (Fsp3) is 0.200. The molecule has 1 aliphatic heterocycles. The average molecular weight is 511 g/mol. The van der Waals surface area contributed by atoms with Gasteiger partial charge in [0.25, 0.3) is 5.69 Å². The van der Waals surface area contributed by atoms with Gasteiger partial charge in [-0.25, -0.2) is 4.90 Å². The van der Waals surface area contributed by atoms with Gasteiger partial charge in [-0.05, 0) is 42.2 Å². The molecule has 0 aromatic heterocycles. The molecular formula is C30H23ClN2O4. The lowest BCUT2D eigenvalue weighted by atomic mass is 9.85. The summed E-state index contributed by atoms with van der Waals surface area (Å²) in [4.78, 5) is 39.4. The second-order valence-electron chi connectivity index (χ2n) is 9.96. The van der Waals surface area contributed by atoms with Crippen LogP contribution in [0, 0.1) is 47.6 Å². The monoisotopic (exact) mass is 510 g/mol. The Balaban J connectivity index is 1.48. The topological polar surface area (TPSA) is 80.5 Å². The molecule has 2 fully saturated rings. The molecule has 3 aromatic rings. The van der Waals surface area contributed by atoms with E-state index in [-0.39, 0.29) is 40.0 Å². The van der Waals surface area contributed by atoms with E-state index in [0.29, 0.717) is 0 Å². The minimum absolute atomic E-state index is 0.0717. The molecular weight excluding hydrogens is 488 g/mol. The van der Waals surface area contributed by atoms with Gasteiger partial charge < -0.3 is 0 Å². The number of carbonyl (C=O) groups excluding carboxylic acids is 2. The first-order valence-electron chi connectivity index (χ1n) is 12.1. The number of amides is 2. The molecule has 1 heterocycles. The predicted octanol–water partition coefficient (Wildman–Crippen LogP) is 6.29. The number of benzene rings is 3. The maximum absolute atomic E-state index is 13.8. The van der Waals surface area contributed by atoms with E-state index in [0.717, 1.165) is 38.3 Å². The van der Waals surface area contributed by atoms with E-state index in [9.17, 15) is 19.7 Å². The van der Waals surface area contributed by atoms with Crippen molar-refractivity contribution in [2.24, 2.45) is 23.7 Å². The van der Waals surface area contributed by atoms with Crippen molar-refractivity contribution in [1.82, 2.24) is 0 Å². The molecule has 3 aliphatic rings. The molecule has 1 saturated carbocycles. The maximum atomic E-state index is 13.8. The number of nitro groups is 1. The van der Waals surface area contributed by atoms with Gasteiger partial charge in [-0.3, -0.25) is 19.7 Å². The van der Waals surface area contributed by atoms with E-state index in [4.69, 9.17) is 11.6 Å². The highest BCUT2D eigenvalue weighted by Crippen LogP contribution is 2.59. The van der Waals surface area contributed by atoms with Gasteiger partial charge >= 0.3 is 0 Å². The zero-order valence-electron chi connectivity index (χ0n) is 20.2. The van der Waals surface area contributed by atoms with E-state index in [1.807, 2.05) is 26.0 Å². The fourth-order valence-corrected chi connectivity index (χ4v) is 6.26. The van der Waals surface area contributed by atoms with Crippen LogP contribution in [0.3, 0.4) is 0 Å². The minimum Gasteiger partial charge on any atom is -0.274 e. The van der Waals surface area contributed by atoms with Gasteiger partial charge in [0.1, 0.15) is 0 Å². The number of fused-ring (bicyclic) bond motifs is 5. The number of anilines is 1. The lowest BCUT2D eigenvalue weighted by Crippen LogP contribution is -2.33. The number of halogens is 1. The molecule has 0 unspecified atom stereocenters. The molecule has 0 spiro atoms. The third-order valence-electron chi connectivity index (χ3n) is 7.77. The Morgan fingerprint density at radius 2 is 1.30 bits per heavy atom. The predicted molar refractivity (Wildman–Crippen MR) is 142 cm³/mol. The number of carbonyl (C=O) groups is 2. The quantitative estimate of drug-likeness (QED) is 0.179. The van der Waals surface area contributed by atoms with Gasteiger partial charge in [0.15, 0.2) is 0 Å². The van der Waals surface area contributed by atoms with Crippen LogP contribution in [0.2, 0.25) is 5.02 Å². The van der Waals surface area contributed by atoms with Crippen molar-refractivity contribution in [3.05, 3.63) is 122 Å². The number of imide groups is 1. The summed E-state index contributed by atoms with van der Waals surface area (Å²) in [6, 6.07) is 20.4. The molecule has 6 rings (SSSR count). The van der Waals surface area contributed by atoms with E-state index < -0.39 is 16.8 Å². The summed E-state index contributed by atoms with van der Waals surface area (Å²) in [6.45, 7) is 4.08. The van der Waals surface area contributed by atoms with Crippen molar-refractivity contribution >= 4 is 40.4 Å². The zero-order valence-corrected chi connectivity index (χ0v) is 21.0. The second-order valence-corrected chi connectivity index (χ2v) is 10.4. The standard InChI is InChI=1S/C30H23ClN2O4/c1-16-3-7-18(8-4-16)25(19-9-5-17(2)6-10-19)26-21-12-13-22(26)28-27(21)29(34)32(30(28)35)24-15-20(33(36)37)11-14-23(24)31/h3-15,21-22,27-28H,1-2H3/t21-,22-,27-,28-/m1/s1. The molecule has 1 saturated heterocycles. The minimum atomic E-state index is -0.571. The van der Waals surface area contributed by atoms with Crippen LogP contribution in [0.1, 0.15) is 22.3 Å². The summed E-state index contributed by atoms with van der Waals surface area (Å²) < 4.78 is 0. The summed E-state index contributed by atoms with van der Waals surface area (Å²) in [6.07, 6.45) is 4.07. The molecule has 2 aliphatic carbocycles. The molecule has 4 atom stereocenters. The number of allylic oxidation sites excluding steroid dienone is 3.